The molecule has 0 aliphatic heterocycles. The van der Waals surface area contributed by atoms with Crippen LogP contribution in [0.25, 0.3) is 0 Å². The van der Waals surface area contributed by atoms with Crippen LogP contribution < -0.4 is 15.4 Å². The summed E-state index contributed by atoms with van der Waals surface area (Å²) in [5.74, 6) is -0.284. The normalized spacial score (nSPS) is 11.4. The number of rotatable bonds is 7. The third-order valence-electron chi connectivity index (χ3n) is 3.96. The first kappa shape index (κ1) is 19.9. The number of carbonyl (C=O) groups excluding carboxylic acids is 2. The van der Waals surface area contributed by atoms with E-state index in [-0.39, 0.29) is 29.7 Å². The Labute approximate surface area is 156 Å². The van der Waals surface area contributed by atoms with E-state index in [9.17, 15) is 19.7 Å². The smallest absolute Gasteiger partial charge is 0.270 e. The molecule has 0 aromatic heterocycles. The molecule has 0 saturated carbocycles. The fraction of sp³-hybridized carbons (Fsp3) is 0.263. The van der Waals surface area contributed by atoms with Gasteiger partial charge in [-0.3, -0.25) is 19.7 Å². The number of hydrogen-bond donors (Lipinski definition) is 2. The molecule has 2 amide bonds. The van der Waals surface area contributed by atoms with E-state index < -0.39 is 10.8 Å². The standard InChI is InChI=1S/C19H21N3O5/c1-12-7-8-17(27-3)16(9-12)13(2)21-18(23)11-20-19(24)14-5-4-6-15(10-14)22(25)26/h4-10,13H,11H2,1-3H3,(H,20,24)(H,21,23). The molecular weight excluding hydrogens is 350 g/mol. The molecule has 8 heteroatoms. The maximum Gasteiger partial charge on any atom is 0.270 e. The molecule has 0 bridgehead atoms. The fourth-order valence-electron chi connectivity index (χ4n) is 2.59. The zero-order chi connectivity index (χ0) is 20.0. The summed E-state index contributed by atoms with van der Waals surface area (Å²) < 4.78 is 5.31. The van der Waals surface area contributed by atoms with Crippen molar-refractivity contribution in [1.82, 2.24) is 10.6 Å². The highest BCUT2D eigenvalue weighted by molar-refractivity contribution is 5.97. The van der Waals surface area contributed by atoms with Crippen molar-refractivity contribution in [2.45, 2.75) is 19.9 Å². The molecule has 2 N–H and O–H groups in total. The first-order valence-corrected chi connectivity index (χ1v) is 8.28. The number of nitrogens with one attached hydrogen (secondary N) is 2. The second-order valence-corrected chi connectivity index (χ2v) is 6.02. The lowest BCUT2D eigenvalue weighted by Crippen LogP contribution is -2.38. The largest absolute Gasteiger partial charge is 0.496 e. The third-order valence-corrected chi connectivity index (χ3v) is 3.96. The van der Waals surface area contributed by atoms with Crippen LogP contribution in [0.4, 0.5) is 5.69 Å². The summed E-state index contributed by atoms with van der Waals surface area (Å²) in [7, 11) is 1.56. The Balaban J connectivity index is 1.96. The van der Waals surface area contributed by atoms with E-state index in [4.69, 9.17) is 4.74 Å². The van der Waals surface area contributed by atoms with Gasteiger partial charge in [0.15, 0.2) is 0 Å². The highest BCUT2D eigenvalue weighted by atomic mass is 16.6. The van der Waals surface area contributed by atoms with Crippen LogP contribution in [0.15, 0.2) is 42.5 Å². The van der Waals surface area contributed by atoms with E-state index in [0.717, 1.165) is 17.2 Å². The summed E-state index contributed by atoms with van der Waals surface area (Å²) in [6.45, 7) is 3.51. The van der Waals surface area contributed by atoms with E-state index in [1.807, 2.05) is 32.0 Å². The lowest BCUT2D eigenvalue weighted by molar-refractivity contribution is -0.384. The number of nitro groups is 1. The molecule has 0 radical (unpaired) electrons. The Morgan fingerprint density at radius 1 is 1.22 bits per heavy atom. The number of nitro benzene ring substituents is 1. The topological polar surface area (TPSA) is 111 Å². The van der Waals surface area contributed by atoms with Gasteiger partial charge in [-0.05, 0) is 26.0 Å². The first-order valence-electron chi connectivity index (χ1n) is 8.28. The summed E-state index contributed by atoms with van der Waals surface area (Å²) in [4.78, 5) is 34.4. The Morgan fingerprint density at radius 3 is 2.63 bits per heavy atom. The van der Waals surface area contributed by atoms with Crippen LogP contribution in [-0.2, 0) is 4.79 Å². The molecule has 2 aromatic carbocycles. The van der Waals surface area contributed by atoms with Crippen molar-refractivity contribution < 1.29 is 19.2 Å². The van der Waals surface area contributed by atoms with Crippen LogP contribution in [-0.4, -0.2) is 30.4 Å². The fourth-order valence-corrected chi connectivity index (χ4v) is 2.59. The van der Waals surface area contributed by atoms with Crippen molar-refractivity contribution in [3.8, 4) is 5.75 Å². The van der Waals surface area contributed by atoms with Crippen LogP contribution >= 0.6 is 0 Å². The minimum absolute atomic E-state index is 0.116. The molecule has 1 unspecified atom stereocenters. The quantitative estimate of drug-likeness (QED) is 0.574. The zero-order valence-electron chi connectivity index (χ0n) is 15.3. The van der Waals surface area contributed by atoms with E-state index in [1.54, 1.807) is 7.11 Å². The number of benzene rings is 2. The number of methoxy groups -OCH3 is 1. The Kier molecular flexibility index (Phi) is 6.48. The van der Waals surface area contributed by atoms with E-state index >= 15 is 0 Å². The average molecular weight is 371 g/mol. The lowest BCUT2D eigenvalue weighted by Gasteiger charge is -2.18. The second-order valence-electron chi connectivity index (χ2n) is 6.02. The number of non-ortho nitro benzene ring substituents is 1. The molecule has 0 aliphatic carbocycles. The number of ether oxygens (including phenoxy) is 1. The Bertz CT molecular complexity index is 866. The van der Waals surface area contributed by atoms with Gasteiger partial charge in [-0.15, -0.1) is 0 Å². The molecule has 27 heavy (non-hydrogen) atoms. The molecule has 0 fully saturated rings. The third kappa shape index (κ3) is 5.27. The number of hydrogen-bond acceptors (Lipinski definition) is 5. The van der Waals surface area contributed by atoms with E-state index in [2.05, 4.69) is 10.6 Å². The SMILES string of the molecule is COc1ccc(C)cc1C(C)NC(=O)CNC(=O)c1cccc([N+](=O)[O-])c1. The summed E-state index contributed by atoms with van der Waals surface area (Å²) >= 11 is 0. The van der Waals surface area contributed by atoms with Crippen LogP contribution in [0, 0.1) is 17.0 Å². The molecule has 142 valence electrons. The van der Waals surface area contributed by atoms with Crippen molar-refractivity contribution in [2.75, 3.05) is 13.7 Å². The lowest BCUT2D eigenvalue weighted by atomic mass is 10.0. The van der Waals surface area contributed by atoms with Crippen LogP contribution in [0.2, 0.25) is 0 Å². The highest BCUT2D eigenvalue weighted by Gasteiger charge is 2.16. The summed E-state index contributed by atoms with van der Waals surface area (Å²) in [6.07, 6.45) is 0. The summed E-state index contributed by atoms with van der Waals surface area (Å²) in [5, 5.41) is 16.0. The first-order chi connectivity index (χ1) is 12.8. The summed E-state index contributed by atoms with van der Waals surface area (Å²) in [5.41, 5.74) is 1.79. The van der Waals surface area contributed by atoms with Crippen LogP contribution in [0.3, 0.4) is 0 Å². The molecule has 2 rings (SSSR count). The molecule has 0 spiro atoms. The maximum absolute atomic E-state index is 12.1. The van der Waals surface area contributed by atoms with E-state index in [0.29, 0.717) is 5.75 Å². The zero-order valence-corrected chi connectivity index (χ0v) is 15.3. The predicted molar refractivity (Wildman–Crippen MR) is 99.7 cm³/mol. The predicted octanol–water partition coefficient (Wildman–Crippen LogP) is 2.52. The molecule has 2 aromatic rings. The van der Waals surface area contributed by atoms with Crippen molar-refractivity contribution >= 4 is 17.5 Å². The molecule has 0 saturated heterocycles. The number of carbonyl (C=O) groups is 2. The maximum atomic E-state index is 12.1. The van der Waals surface area contributed by atoms with Crippen molar-refractivity contribution in [2.24, 2.45) is 0 Å². The van der Waals surface area contributed by atoms with Crippen molar-refractivity contribution in [3.63, 3.8) is 0 Å². The number of nitrogens with zero attached hydrogens (tertiary/aromatic N) is 1. The molecule has 0 heterocycles. The molecular formula is C19H21N3O5. The van der Waals surface area contributed by atoms with Gasteiger partial charge in [0, 0.05) is 23.3 Å². The molecule has 1 atom stereocenters. The van der Waals surface area contributed by atoms with Gasteiger partial charge in [-0.25, -0.2) is 0 Å². The van der Waals surface area contributed by atoms with Crippen LogP contribution in [0.1, 0.15) is 34.5 Å². The average Bonchev–Trinajstić information content (AvgIpc) is 2.66. The van der Waals surface area contributed by atoms with Crippen LogP contribution in [0.5, 0.6) is 5.75 Å². The number of aryl methyl sites for hydroxylation is 1. The minimum Gasteiger partial charge on any atom is -0.496 e. The Hall–Kier alpha value is -3.42. The van der Waals surface area contributed by atoms with E-state index in [1.165, 1.54) is 18.2 Å². The van der Waals surface area contributed by atoms with Crippen molar-refractivity contribution in [1.29, 1.82) is 0 Å². The van der Waals surface area contributed by atoms with Gasteiger partial charge in [0.05, 0.1) is 24.6 Å². The minimum atomic E-state index is -0.583. The monoisotopic (exact) mass is 371 g/mol. The van der Waals surface area contributed by atoms with Gasteiger partial charge >= 0.3 is 0 Å². The highest BCUT2D eigenvalue weighted by Crippen LogP contribution is 2.25. The second kappa shape index (κ2) is 8.79. The Morgan fingerprint density at radius 2 is 1.96 bits per heavy atom. The van der Waals surface area contributed by atoms with Gasteiger partial charge in [0.1, 0.15) is 5.75 Å². The van der Waals surface area contributed by atoms with Gasteiger partial charge in [-0.1, -0.05) is 23.8 Å². The molecule has 8 nitrogen and oxygen atoms in total. The van der Waals surface area contributed by atoms with Crippen molar-refractivity contribution in [3.05, 3.63) is 69.3 Å². The van der Waals surface area contributed by atoms with Gasteiger partial charge < -0.3 is 15.4 Å². The van der Waals surface area contributed by atoms with Gasteiger partial charge in [0.2, 0.25) is 5.91 Å². The van der Waals surface area contributed by atoms with Gasteiger partial charge in [0.25, 0.3) is 11.6 Å². The number of amides is 2. The summed E-state index contributed by atoms with van der Waals surface area (Å²) in [6, 6.07) is 10.7. The van der Waals surface area contributed by atoms with Gasteiger partial charge in [-0.2, -0.15) is 0 Å². The molecule has 0 aliphatic rings.